The first-order chi connectivity index (χ1) is 9.07. The number of anilines is 1. The summed E-state index contributed by atoms with van der Waals surface area (Å²) in [5, 5.41) is 5.25. The molecule has 3 nitrogen and oxygen atoms in total. The molecule has 0 heterocycles. The van der Waals surface area contributed by atoms with Crippen LogP contribution in [0, 0.1) is 0 Å². The van der Waals surface area contributed by atoms with Gasteiger partial charge in [-0.05, 0) is 32.9 Å². The molecule has 0 bridgehead atoms. The Morgan fingerprint density at radius 3 is 2.35 bits per heavy atom. The lowest BCUT2D eigenvalue weighted by atomic mass is 10.1. The quantitative estimate of drug-likeness (QED) is 0.819. The van der Waals surface area contributed by atoms with Crippen molar-refractivity contribution < 1.29 is 18.0 Å². The zero-order valence-electron chi connectivity index (χ0n) is 11.5. The highest BCUT2D eigenvalue weighted by Crippen LogP contribution is 2.32. The van der Waals surface area contributed by atoms with Gasteiger partial charge in [0, 0.05) is 10.4 Å². The van der Waals surface area contributed by atoms with Gasteiger partial charge in [-0.25, -0.2) is 4.79 Å². The molecule has 20 heavy (non-hydrogen) atoms. The van der Waals surface area contributed by atoms with Crippen LogP contribution in [0.5, 0.6) is 0 Å². The van der Waals surface area contributed by atoms with Gasteiger partial charge in [-0.1, -0.05) is 12.1 Å². The van der Waals surface area contributed by atoms with E-state index in [1.807, 2.05) is 20.8 Å². The van der Waals surface area contributed by atoms with Crippen LogP contribution in [0.4, 0.5) is 23.7 Å². The van der Waals surface area contributed by atoms with E-state index in [2.05, 4.69) is 10.6 Å². The minimum atomic E-state index is -4.24. The Balaban J connectivity index is 2.73. The Bertz CT molecular complexity index is 469. The highest BCUT2D eigenvalue weighted by Gasteiger charge is 2.27. The fourth-order valence-corrected chi connectivity index (χ4v) is 2.12. The zero-order valence-corrected chi connectivity index (χ0v) is 12.3. The van der Waals surface area contributed by atoms with Crippen molar-refractivity contribution in [1.82, 2.24) is 5.32 Å². The predicted octanol–water partition coefficient (Wildman–Crippen LogP) is 4.26. The van der Waals surface area contributed by atoms with Gasteiger partial charge in [0.2, 0.25) is 0 Å². The molecule has 0 aliphatic heterocycles. The van der Waals surface area contributed by atoms with Gasteiger partial charge in [0.05, 0.1) is 11.4 Å². The van der Waals surface area contributed by atoms with E-state index < -0.39 is 23.5 Å². The maximum absolute atomic E-state index is 12.2. The molecule has 1 aromatic carbocycles. The number of nitrogens with one attached hydrogen (secondary N) is 2. The summed E-state index contributed by atoms with van der Waals surface area (Å²) in [6, 6.07) is 5.96. The number of alkyl halides is 3. The van der Waals surface area contributed by atoms with Crippen molar-refractivity contribution in [3.63, 3.8) is 0 Å². The molecular weight excluding hydrogens is 289 g/mol. The number of carbonyl (C=O) groups is 1. The van der Waals surface area contributed by atoms with Crippen molar-refractivity contribution in [3.05, 3.63) is 24.3 Å². The lowest BCUT2D eigenvalue weighted by Crippen LogP contribution is -2.43. The third-order valence-electron chi connectivity index (χ3n) is 2.02. The van der Waals surface area contributed by atoms with Crippen LogP contribution >= 0.6 is 11.8 Å². The largest absolute Gasteiger partial charge is 0.398 e. The number of carbonyl (C=O) groups excluding carboxylic acids is 1. The molecule has 0 saturated heterocycles. The molecule has 0 atom stereocenters. The second-order valence-corrected chi connectivity index (χ2v) is 6.25. The van der Waals surface area contributed by atoms with Crippen LogP contribution in [0.3, 0.4) is 0 Å². The minimum Gasteiger partial charge on any atom is -0.333 e. The number of benzene rings is 1. The summed E-state index contributed by atoms with van der Waals surface area (Å²) >= 11 is 0.646. The van der Waals surface area contributed by atoms with Crippen LogP contribution in [0.15, 0.2) is 29.2 Å². The average Bonchev–Trinajstić information content (AvgIpc) is 2.24. The van der Waals surface area contributed by atoms with Gasteiger partial charge in [0.1, 0.15) is 0 Å². The zero-order chi connectivity index (χ0) is 15.4. The number of rotatable bonds is 3. The molecule has 1 aromatic rings. The SMILES string of the molecule is CC(C)(C)NC(=O)Nc1ccccc1SCC(F)(F)F. The van der Waals surface area contributed by atoms with Crippen LogP contribution in [0.25, 0.3) is 0 Å². The molecule has 0 unspecified atom stereocenters. The predicted molar refractivity (Wildman–Crippen MR) is 75.1 cm³/mol. The second kappa shape index (κ2) is 6.39. The van der Waals surface area contributed by atoms with Crippen LogP contribution in [-0.4, -0.2) is 23.5 Å². The third-order valence-corrected chi connectivity index (χ3v) is 3.15. The van der Waals surface area contributed by atoms with E-state index >= 15 is 0 Å². The van der Waals surface area contributed by atoms with Crippen LogP contribution < -0.4 is 10.6 Å². The molecule has 0 aliphatic rings. The Morgan fingerprint density at radius 2 is 1.80 bits per heavy atom. The van der Waals surface area contributed by atoms with E-state index in [0.717, 1.165) is 0 Å². The molecular formula is C13H17F3N2OS. The lowest BCUT2D eigenvalue weighted by Gasteiger charge is -2.21. The van der Waals surface area contributed by atoms with Gasteiger partial charge < -0.3 is 10.6 Å². The fourth-order valence-electron chi connectivity index (χ4n) is 1.35. The first-order valence-electron chi connectivity index (χ1n) is 5.94. The van der Waals surface area contributed by atoms with Crippen molar-refractivity contribution in [2.45, 2.75) is 37.4 Å². The van der Waals surface area contributed by atoms with Crippen molar-refractivity contribution in [1.29, 1.82) is 0 Å². The Hall–Kier alpha value is -1.37. The minimum absolute atomic E-state index is 0.364. The topological polar surface area (TPSA) is 41.1 Å². The summed E-state index contributed by atoms with van der Waals surface area (Å²) in [5.41, 5.74) is -0.0542. The van der Waals surface area contributed by atoms with E-state index in [9.17, 15) is 18.0 Å². The van der Waals surface area contributed by atoms with Crippen molar-refractivity contribution in [3.8, 4) is 0 Å². The van der Waals surface area contributed by atoms with Gasteiger partial charge in [-0.15, -0.1) is 11.8 Å². The van der Waals surface area contributed by atoms with Crippen LogP contribution in [-0.2, 0) is 0 Å². The monoisotopic (exact) mass is 306 g/mol. The highest BCUT2D eigenvalue weighted by molar-refractivity contribution is 7.99. The molecule has 1 rings (SSSR count). The summed E-state index contributed by atoms with van der Waals surface area (Å²) in [7, 11) is 0. The molecule has 0 radical (unpaired) electrons. The van der Waals surface area contributed by atoms with Crippen LogP contribution in [0.2, 0.25) is 0 Å². The van der Waals surface area contributed by atoms with Crippen molar-refractivity contribution >= 4 is 23.5 Å². The smallest absolute Gasteiger partial charge is 0.333 e. The average molecular weight is 306 g/mol. The standard InChI is InChI=1S/C13H17F3N2OS/c1-12(2,3)18-11(19)17-9-6-4-5-7-10(9)20-8-13(14,15)16/h4-7H,8H2,1-3H3,(H2,17,18,19). The Labute approximate surface area is 120 Å². The van der Waals surface area contributed by atoms with Gasteiger partial charge in [0.15, 0.2) is 0 Å². The van der Waals surface area contributed by atoms with E-state index in [0.29, 0.717) is 22.3 Å². The van der Waals surface area contributed by atoms with Crippen molar-refractivity contribution in [2.24, 2.45) is 0 Å². The number of halogens is 3. The van der Waals surface area contributed by atoms with E-state index in [1.54, 1.807) is 24.3 Å². The first kappa shape index (κ1) is 16.7. The summed E-state index contributed by atoms with van der Waals surface area (Å²) in [5.74, 6) is -0.993. The molecule has 7 heteroatoms. The Morgan fingerprint density at radius 1 is 1.20 bits per heavy atom. The molecule has 2 N–H and O–H groups in total. The molecule has 0 saturated carbocycles. The normalized spacial score (nSPS) is 12.1. The van der Waals surface area contributed by atoms with Crippen molar-refractivity contribution in [2.75, 3.05) is 11.1 Å². The van der Waals surface area contributed by atoms with Gasteiger partial charge in [-0.3, -0.25) is 0 Å². The highest BCUT2D eigenvalue weighted by atomic mass is 32.2. The molecule has 0 aromatic heterocycles. The lowest BCUT2D eigenvalue weighted by molar-refractivity contribution is -0.105. The Kier molecular flexibility index (Phi) is 5.33. The van der Waals surface area contributed by atoms with Gasteiger partial charge >= 0.3 is 12.2 Å². The third kappa shape index (κ3) is 6.70. The maximum Gasteiger partial charge on any atom is 0.398 e. The second-order valence-electron chi connectivity index (χ2n) is 5.23. The number of para-hydroxylation sites is 1. The number of hydrogen-bond donors (Lipinski definition) is 2. The van der Waals surface area contributed by atoms with E-state index in [-0.39, 0.29) is 0 Å². The van der Waals surface area contributed by atoms with E-state index in [4.69, 9.17) is 0 Å². The number of thioether (sulfide) groups is 1. The summed E-state index contributed by atoms with van der Waals surface area (Å²) in [4.78, 5) is 12.1. The molecule has 2 amide bonds. The van der Waals surface area contributed by atoms with E-state index in [1.165, 1.54) is 0 Å². The maximum atomic E-state index is 12.2. The number of amides is 2. The van der Waals surface area contributed by atoms with Crippen LogP contribution in [0.1, 0.15) is 20.8 Å². The van der Waals surface area contributed by atoms with Gasteiger partial charge in [-0.2, -0.15) is 13.2 Å². The summed E-state index contributed by atoms with van der Waals surface area (Å²) < 4.78 is 36.7. The summed E-state index contributed by atoms with van der Waals surface area (Å²) in [6.45, 7) is 5.45. The summed E-state index contributed by atoms with van der Waals surface area (Å²) in [6.07, 6.45) is -4.24. The number of urea groups is 1. The fraction of sp³-hybridized carbons (Fsp3) is 0.462. The molecule has 0 aliphatic carbocycles. The first-order valence-corrected chi connectivity index (χ1v) is 6.93. The molecule has 0 fully saturated rings. The molecule has 112 valence electrons. The molecule has 0 spiro atoms. The van der Waals surface area contributed by atoms with Gasteiger partial charge in [0.25, 0.3) is 0 Å². The number of hydrogen-bond acceptors (Lipinski definition) is 2.